The van der Waals surface area contributed by atoms with Crippen LogP contribution in [-0.4, -0.2) is 16.0 Å². The van der Waals surface area contributed by atoms with Gasteiger partial charge in [-0.1, -0.05) is 11.2 Å². The highest BCUT2D eigenvalue weighted by Crippen LogP contribution is 2.28. The highest BCUT2D eigenvalue weighted by molar-refractivity contribution is 6.13. The first-order chi connectivity index (χ1) is 13.4. The van der Waals surface area contributed by atoms with Crippen molar-refractivity contribution < 1.29 is 13.7 Å². The van der Waals surface area contributed by atoms with Crippen molar-refractivity contribution in [3.63, 3.8) is 0 Å². The summed E-state index contributed by atoms with van der Waals surface area (Å²) in [5.41, 5.74) is 5.27. The molecule has 5 nitrogen and oxygen atoms in total. The molecule has 0 bridgehead atoms. The van der Waals surface area contributed by atoms with Crippen LogP contribution >= 0.6 is 0 Å². The van der Waals surface area contributed by atoms with E-state index in [0.29, 0.717) is 33.6 Å². The lowest BCUT2D eigenvalue weighted by Crippen LogP contribution is -2.13. The first kappa shape index (κ1) is 17.9. The van der Waals surface area contributed by atoms with E-state index in [0.717, 1.165) is 11.1 Å². The molecule has 0 spiro atoms. The lowest BCUT2D eigenvalue weighted by atomic mass is 10.0. The SMILES string of the molecule is Cc1cc(C)cc(NC(=O)c2cc(-c3ccc(F)cc3)nc3onc(C)c23)c1. The smallest absolute Gasteiger partial charge is 0.259 e. The van der Waals surface area contributed by atoms with Gasteiger partial charge in [0.25, 0.3) is 11.6 Å². The Kier molecular flexibility index (Phi) is 4.39. The summed E-state index contributed by atoms with van der Waals surface area (Å²) in [6.07, 6.45) is 0. The molecular formula is C22H18FN3O2. The topological polar surface area (TPSA) is 68.0 Å². The third-order valence-electron chi connectivity index (χ3n) is 4.48. The molecule has 1 N–H and O–H groups in total. The largest absolute Gasteiger partial charge is 0.335 e. The normalized spacial score (nSPS) is 11.0. The molecule has 0 aliphatic rings. The first-order valence-electron chi connectivity index (χ1n) is 8.83. The van der Waals surface area contributed by atoms with E-state index in [-0.39, 0.29) is 17.4 Å². The van der Waals surface area contributed by atoms with Crippen LogP contribution in [0, 0.1) is 26.6 Å². The molecule has 28 heavy (non-hydrogen) atoms. The maximum atomic E-state index is 13.3. The Morgan fingerprint density at radius 2 is 1.68 bits per heavy atom. The van der Waals surface area contributed by atoms with Crippen LogP contribution in [0.3, 0.4) is 0 Å². The molecule has 0 saturated heterocycles. The zero-order chi connectivity index (χ0) is 19.8. The van der Waals surface area contributed by atoms with Crippen LogP contribution in [0.1, 0.15) is 27.2 Å². The zero-order valence-corrected chi connectivity index (χ0v) is 15.7. The number of hydrogen-bond acceptors (Lipinski definition) is 4. The van der Waals surface area contributed by atoms with Crippen molar-refractivity contribution in [2.75, 3.05) is 5.32 Å². The standard InChI is InChI=1S/C22H18FN3O2/c1-12-8-13(2)10-17(9-12)24-21(27)18-11-19(15-4-6-16(23)7-5-15)25-22-20(18)14(3)26-28-22/h4-11H,1-3H3,(H,24,27). The molecular weight excluding hydrogens is 357 g/mol. The Morgan fingerprint density at radius 1 is 1.00 bits per heavy atom. The Hall–Kier alpha value is -3.54. The van der Waals surface area contributed by atoms with E-state index in [9.17, 15) is 9.18 Å². The maximum Gasteiger partial charge on any atom is 0.259 e. The molecule has 0 fully saturated rings. The molecule has 0 atom stereocenters. The maximum absolute atomic E-state index is 13.3. The number of aryl methyl sites for hydroxylation is 3. The number of hydrogen-bond donors (Lipinski definition) is 1. The zero-order valence-electron chi connectivity index (χ0n) is 15.7. The number of fused-ring (bicyclic) bond motifs is 1. The second-order valence-corrected chi connectivity index (χ2v) is 6.84. The molecule has 0 saturated carbocycles. The molecule has 2 aromatic heterocycles. The summed E-state index contributed by atoms with van der Waals surface area (Å²) in [4.78, 5) is 17.5. The van der Waals surface area contributed by atoms with Crippen molar-refractivity contribution in [2.45, 2.75) is 20.8 Å². The quantitative estimate of drug-likeness (QED) is 0.534. The second-order valence-electron chi connectivity index (χ2n) is 6.84. The Bertz CT molecular complexity index is 1180. The lowest BCUT2D eigenvalue weighted by Gasteiger charge is -2.10. The first-order valence-corrected chi connectivity index (χ1v) is 8.83. The van der Waals surface area contributed by atoms with Gasteiger partial charge in [-0.25, -0.2) is 9.37 Å². The molecule has 0 aliphatic heterocycles. The number of halogens is 1. The summed E-state index contributed by atoms with van der Waals surface area (Å²) in [5.74, 6) is -0.625. The molecule has 140 valence electrons. The number of carbonyl (C=O) groups excluding carboxylic acids is 1. The minimum atomic E-state index is -0.340. The summed E-state index contributed by atoms with van der Waals surface area (Å²) in [5, 5.41) is 7.45. The van der Waals surface area contributed by atoms with Crippen molar-refractivity contribution in [1.29, 1.82) is 0 Å². The molecule has 0 radical (unpaired) electrons. The van der Waals surface area contributed by atoms with E-state index in [1.165, 1.54) is 12.1 Å². The van der Waals surface area contributed by atoms with E-state index in [2.05, 4.69) is 15.5 Å². The average molecular weight is 375 g/mol. The fourth-order valence-corrected chi connectivity index (χ4v) is 3.29. The number of aromatic nitrogens is 2. The molecule has 0 aliphatic carbocycles. The van der Waals surface area contributed by atoms with Gasteiger partial charge in [-0.05, 0) is 74.4 Å². The van der Waals surface area contributed by atoms with E-state index < -0.39 is 0 Å². The predicted molar refractivity (Wildman–Crippen MR) is 106 cm³/mol. The molecule has 6 heteroatoms. The molecule has 2 heterocycles. The van der Waals surface area contributed by atoms with Gasteiger partial charge in [0, 0.05) is 11.3 Å². The Morgan fingerprint density at radius 3 is 2.36 bits per heavy atom. The van der Waals surface area contributed by atoms with Gasteiger partial charge in [0.05, 0.1) is 22.3 Å². The molecule has 4 rings (SSSR count). The van der Waals surface area contributed by atoms with Gasteiger partial charge < -0.3 is 9.84 Å². The van der Waals surface area contributed by atoms with E-state index in [4.69, 9.17) is 4.52 Å². The van der Waals surface area contributed by atoms with Crippen LogP contribution in [-0.2, 0) is 0 Å². The average Bonchev–Trinajstić information content (AvgIpc) is 3.02. The monoisotopic (exact) mass is 375 g/mol. The fourth-order valence-electron chi connectivity index (χ4n) is 3.29. The highest BCUT2D eigenvalue weighted by atomic mass is 19.1. The Balaban J connectivity index is 1.81. The number of carbonyl (C=O) groups is 1. The summed E-state index contributed by atoms with van der Waals surface area (Å²) in [6, 6.07) is 13.4. The van der Waals surface area contributed by atoms with Crippen LogP contribution in [0.25, 0.3) is 22.4 Å². The van der Waals surface area contributed by atoms with Crippen molar-refractivity contribution in [3.05, 3.63) is 76.7 Å². The van der Waals surface area contributed by atoms with Gasteiger partial charge in [-0.2, -0.15) is 0 Å². The third kappa shape index (κ3) is 3.36. The fraction of sp³-hybridized carbons (Fsp3) is 0.136. The summed E-state index contributed by atoms with van der Waals surface area (Å²) in [6.45, 7) is 5.72. The number of rotatable bonds is 3. The van der Waals surface area contributed by atoms with Crippen LogP contribution in [0.2, 0.25) is 0 Å². The van der Waals surface area contributed by atoms with Crippen molar-refractivity contribution in [3.8, 4) is 11.3 Å². The van der Waals surface area contributed by atoms with Gasteiger partial charge in [0.2, 0.25) is 0 Å². The number of pyridine rings is 1. The highest BCUT2D eigenvalue weighted by Gasteiger charge is 2.19. The van der Waals surface area contributed by atoms with Gasteiger partial charge in [0.15, 0.2) is 0 Å². The molecule has 4 aromatic rings. The van der Waals surface area contributed by atoms with Gasteiger partial charge in [-0.3, -0.25) is 4.79 Å². The van der Waals surface area contributed by atoms with E-state index in [1.54, 1.807) is 25.1 Å². The molecule has 0 unspecified atom stereocenters. The Labute approximate surface area is 161 Å². The van der Waals surface area contributed by atoms with Crippen LogP contribution < -0.4 is 5.32 Å². The lowest BCUT2D eigenvalue weighted by molar-refractivity contribution is 0.102. The minimum absolute atomic E-state index is 0.268. The number of benzene rings is 2. The van der Waals surface area contributed by atoms with Crippen molar-refractivity contribution in [2.24, 2.45) is 0 Å². The third-order valence-corrected chi connectivity index (χ3v) is 4.48. The number of nitrogens with zero attached hydrogens (tertiary/aromatic N) is 2. The number of anilines is 1. The summed E-state index contributed by atoms with van der Waals surface area (Å²) in [7, 11) is 0. The van der Waals surface area contributed by atoms with Crippen LogP contribution in [0.5, 0.6) is 0 Å². The minimum Gasteiger partial charge on any atom is -0.335 e. The van der Waals surface area contributed by atoms with Crippen molar-refractivity contribution >= 4 is 22.7 Å². The van der Waals surface area contributed by atoms with Gasteiger partial charge >= 0.3 is 0 Å². The molecule has 1 amide bonds. The molecule has 2 aromatic carbocycles. The van der Waals surface area contributed by atoms with Gasteiger partial charge in [0.1, 0.15) is 5.82 Å². The van der Waals surface area contributed by atoms with E-state index >= 15 is 0 Å². The second kappa shape index (κ2) is 6.88. The van der Waals surface area contributed by atoms with Crippen LogP contribution in [0.4, 0.5) is 10.1 Å². The predicted octanol–water partition coefficient (Wildman–Crippen LogP) is 5.21. The summed E-state index contributed by atoms with van der Waals surface area (Å²) < 4.78 is 18.6. The van der Waals surface area contributed by atoms with Gasteiger partial charge in [-0.15, -0.1) is 0 Å². The van der Waals surface area contributed by atoms with Crippen LogP contribution in [0.15, 0.2) is 53.1 Å². The van der Waals surface area contributed by atoms with E-state index in [1.807, 2.05) is 32.0 Å². The van der Waals surface area contributed by atoms with Crippen molar-refractivity contribution in [1.82, 2.24) is 10.1 Å². The summed E-state index contributed by atoms with van der Waals surface area (Å²) >= 11 is 0. The number of amides is 1. The number of nitrogens with one attached hydrogen (secondary N) is 1.